The molecule has 28 heavy (non-hydrogen) atoms. The zero-order valence-corrected chi connectivity index (χ0v) is 14.8. The Labute approximate surface area is 156 Å². The molecular formula is C16H20F6N2O4. The van der Waals surface area contributed by atoms with Crippen LogP contribution in [0.3, 0.4) is 0 Å². The summed E-state index contributed by atoms with van der Waals surface area (Å²) in [5, 5.41) is 17.6. The predicted molar refractivity (Wildman–Crippen MR) is 86.7 cm³/mol. The third kappa shape index (κ3) is 12.1. The zero-order valence-electron chi connectivity index (χ0n) is 14.8. The number of hydrogen-bond acceptors (Lipinski definition) is 4. The Bertz CT molecular complexity index is 604. The molecule has 0 bridgehead atoms. The second-order valence-corrected chi connectivity index (χ2v) is 5.62. The molecule has 0 amide bonds. The van der Waals surface area contributed by atoms with Gasteiger partial charge in [-0.25, -0.2) is 9.59 Å². The molecule has 2 rings (SSSR count). The third-order valence-corrected chi connectivity index (χ3v) is 3.18. The molecule has 0 radical (unpaired) electrons. The summed E-state index contributed by atoms with van der Waals surface area (Å²) < 4.78 is 63.5. The average molecular weight is 418 g/mol. The van der Waals surface area contributed by atoms with Gasteiger partial charge in [-0.15, -0.1) is 0 Å². The van der Waals surface area contributed by atoms with Gasteiger partial charge in [0.05, 0.1) is 0 Å². The van der Waals surface area contributed by atoms with E-state index in [1.54, 1.807) is 0 Å². The second kappa shape index (κ2) is 11.5. The van der Waals surface area contributed by atoms with E-state index >= 15 is 0 Å². The summed E-state index contributed by atoms with van der Waals surface area (Å²) in [6, 6.07) is 8.80. The van der Waals surface area contributed by atoms with E-state index < -0.39 is 24.3 Å². The van der Waals surface area contributed by atoms with Crippen molar-refractivity contribution in [2.75, 3.05) is 26.2 Å². The second-order valence-electron chi connectivity index (χ2n) is 5.62. The molecule has 1 aliphatic heterocycles. The van der Waals surface area contributed by atoms with Crippen molar-refractivity contribution in [2.45, 2.75) is 25.8 Å². The highest BCUT2D eigenvalue weighted by Gasteiger charge is 2.38. The molecule has 0 spiro atoms. The van der Waals surface area contributed by atoms with Gasteiger partial charge in [0.25, 0.3) is 0 Å². The first-order valence-electron chi connectivity index (χ1n) is 7.82. The molecule has 0 saturated carbocycles. The lowest BCUT2D eigenvalue weighted by molar-refractivity contribution is -0.193. The Kier molecular flexibility index (Phi) is 10.5. The number of nitrogens with one attached hydrogen (secondary N) is 1. The average Bonchev–Trinajstić information content (AvgIpc) is 2.55. The van der Waals surface area contributed by atoms with Crippen molar-refractivity contribution in [1.29, 1.82) is 0 Å². The number of aryl methyl sites for hydroxylation is 1. The summed E-state index contributed by atoms with van der Waals surface area (Å²) in [4.78, 5) is 20.3. The molecule has 0 aromatic heterocycles. The summed E-state index contributed by atoms with van der Waals surface area (Å²) >= 11 is 0. The van der Waals surface area contributed by atoms with Gasteiger partial charge in [-0.3, -0.25) is 4.90 Å². The van der Waals surface area contributed by atoms with Crippen molar-refractivity contribution >= 4 is 11.9 Å². The standard InChI is InChI=1S/C12H18N2.2C2HF3O2/c1-11-3-2-4-12(9-11)10-14-7-5-13-6-8-14;2*3-2(4,5)1(6)7/h2-4,9,13H,5-8,10H2,1H3;2*(H,6,7). The van der Waals surface area contributed by atoms with Crippen LogP contribution in [0.25, 0.3) is 0 Å². The molecule has 1 heterocycles. The van der Waals surface area contributed by atoms with Crippen LogP contribution in [0.2, 0.25) is 0 Å². The van der Waals surface area contributed by atoms with Crippen molar-refractivity contribution in [3.63, 3.8) is 0 Å². The van der Waals surface area contributed by atoms with Crippen LogP contribution in [0, 0.1) is 6.92 Å². The van der Waals surface area contributed by atoms with Crippen molar-refractivity contribution in [3.8, 4) is 0 Å². The van der Waals surface area contributed by atoms with E-state index in [1.807, 2.05) is 0 Å². The van der Waals surface area contributed by atoms with E-state index in [0.29, 0.717) is 0 Å². The Morgan fingerprint density at radius 2 is 1.43 bits per heavy atom. The molecule has 1 fully saturated rings. The number of carboxylic acid groups (broad SMARTS) is 2. The maximum absolute atomic E-state index is 10.6. The number of hydrogen-bond donors (Lipinski definition) is 3. The summed E-state index contributed by atoms with van der Waals surface area (Å²) in [5.74, 6) is -5.51. The first-order valence-corrected chi connectivity index (χ1v) is 7.82. The zero-order chi connectivity index (χ0) is 22.0. The number of aliphatic carboxylic acids is 2. The maximum atomic E-state index is 10.6. The van der Waals surface area contributed by atoms with Gasteiger partial charge in [-0.05, 0) is 12.5 Å². The molecular weight excluding hydrogens is 398 g/mol. The van der Waals surface area contributed by atoms with Gasteiger partial charge in [0.2, 0.25) is 0 Å². The van der Waals surface area contributed by atoms with Crippen molar-refractivity contribution in [3.05, 3.63) is 35.4 Å². The van der Waals surface area contributed by atoms with Crippen LogP contribution in [-0.4, -0.2) is 65.6 Å². The number of benzene rings is 1. The van der Waals surface area contributed by atoms with E-state index in [9.17, 15) is 26.3 Å². The monoisotopic (exact) mass is 418 g/mol. The summed E-state index contributed by atoms with van der Waals surface area (Å²) in [6.07, 6.45) is -10.2. The lowest BCUT2D eigenvalue weighted by Crippen LogP contribution is -2.42. The molecule has 1 aliphatic rings. The topological polar surface area (TPSA) is 89.9 Å². The Morgan fingerprint density at radius 1 is 1.00 bits per heavy atom. The van der Waals surface area contributed by atoms with Crippen LogP contribution >= 0.6 is 0 Å². The van der Waals surface area contributed by atoms with Gasteiger partial charge in [0.1, 0.15) is 0 Å². The fourth-order valence-corrected chi connectivity index (χ4v) is 1.94. The quantitative estimate of drug-likeness (QED) is 0.640. The minimum absolute atomic E-state index is 1.10. The molecule has 1 saturated heterocycles. The number of rotatable bonds is 2. The number of carbonyl (C=O) groups is 2. The highest BCUT2D eigenvalue weighted by atomic mass is 19.4. The molecule has 160 valence electrons. The molecule has 1 aromatic carbocycles. The number of halogens is 6. The van der Waals surface area contributed by atoms with Crippen molar-refractivity contribution in [2.24, 2.45) is 0 Å². The molecule has 0 aliphatic carbocycles. The summed E-state index contributed by atoms with van der Waals surface area (Å²) in [7, 11) is 0. The fraction of sp³-hybridized carbons (Fsp3) is 0.500. The van der Waals surface area contributed by atoms with Crippen molar-refractivity contribution < 1.29 is 46.1 Å². The molecule has 6 nitrogen and oxygen atoms in total. The fourth-order valence-electron chi connectivity index (χ4n) is 1.94. The van der Waals surface area contributed by atoms with E-state index in [-0.39, 0.29) is 0 Å². The van der Waals surface area contributed by atoms with Gasteiger partial charge >= 0.3 is 24.3 Å². The normalized spacial score (nSPS) is 14.8. The van der Waals surface area contributed by atoms with Gasteiger partial charge in [0, 0.05) is 32.7 Å². The van der Waals surface area contributed by atoms with Gasteiger partial charge < -0.3 is 15.5 Å². The van der Waals surface area contributed by atoms with Gasteiger partial charge in [0.15, 0.2) is 0 Å². The predicted octanol–water partition coefficient (Wildman–Crippen LogP) is 2.67. The number of alkyl halides is 6. The van der Waals surface area contributed by atoms with Crippen LogP contribution in [0.1, 0.15) is 11.1 Å². The molecule has 0 atom stereocenters. The highest BCUT2D eigenvalue weighted by Crippen LogP contribution is 2.13. The largest absolute Gasteiger partial charge is 0.490 e. The van der Waals surface area contributed by atoms with Crippen LogP contribution in [0.15, 0.2) is 24.3 Å². The highest BCUT2D eigenvalue weighted by molar-refractivity contribution is 5.73. The van der Waals surface area contributed by atoms with E-state index in [0.717, 1.165) is 19.6 Å². The third-order valence-electron chi connectivity index (χ3n) is 3.18. The molecule has 0 unspecified atom stereocenters. The molecule has 12 heteroatoms. The van der Waals surface area contributed by atoms with E-state index in [1.165, 1.54) is 24.2 Å². The lowest BCUT2D eigenvalue weighted by atomic mass is 10.1. The Balaban J connectivity index is 0.000000444. The Hall–Kier alpha value is -2.34. The minimum Gasteiger partial charge on any atom is -0.475 e. The van der Waals surface area contributed by atoms with Crippen LogP contribution < -0.4 is 5.32 Å². The van der Waals surface area contributed by atoms with Crippen LogP contribution in [0.4, 0.5) is 26.3 Å². The van der Waals surface area contributed by atoms with Crippen molar-refractivity contribution in [1.82, 2.24) is 10.2 Å². The lowest BCUT2D eigenvalue weighted by Gasteiger charge is -2.27. The van der Waals surface area contributed by atoms with Gasteiger partial charge in [-0.2, -0.15) is 26.3 Å². The number of carboxylic acids is 2. The van der Waals surface area contributed by atoms with E-state index in [4.69, 9.17) is 19.8 Å². The van der Waals surface area contributed by atoms with Gasteiger partial charge in [-0.1, -0.05) is 29.8 Å². The first-order chi connectivity index (χ1) is 12.7. The SMILES string of the molecule is Cc1cccc(CN2CCNCC2)c1.O=C(O)C(F)(F)F.O=C(O)C(F)(F)F. The maximum Gasteiger partial charge on any atom is 0.490 e. The minimum atomic E-state index is -5.08. The van der Waals surface area contributed by atoms with Crippen LogP contribution in [0.5, 0.6) is 0 Å². The number of nitrogens with zero attached hydrogens (tertiary/aromatic N) is 1. The summed E-state index contributed by atoms with van der Waals surface area (Å²) in [6.45, 7) is 7.87. The smallest absolute Gasteiger partial charge is 0.475 e. The number of piperazine rings is 1. The van der Waals surface area contributed by atoms with E-state index in [2.05, 4.69) is 41.4 Å². The first kappa shape index (κ1) is 25.7. The summed E-state index contributed by atoms with van der Waals surface area (Å²) in [5.41, 5.74) is 2.80. The van der Waals surface area contributed by atoms with Crippen LogP contribution in [-0.2, 0) is 16.1 Å². The molecule has 3 N–H and O–H groups in total. The molecule has 1 aromatic rings. The Morgan fingerprint density at radius 3 is 1.79 bits per heavy atom.